The Morgan fingerprint density at radius 3 is 2.40 bits per heavy atom. The molecule has 0 aromatic heterocycles. The van der Waals surface area contributed by atoms with Gasteiger partial charge in [-0.15, -0.1) is 0 Å². The van der Waals surface area contributed by atoms with Gasteiger partial charge in [-0.1, -0.05) is 56.9 Å². The Bertz CT molecular complexity index is 296. The molecule has 0 bridgehead atoms. The van der Waals surface area contributed by atoms with Gasteiger partial charge in [-0.25, -0.2) is 0 Å². The summed E-state index contributed by atoms with van der Waals surface area (Å²) in [5.74, 6) is 11.8. The Balaban J connectivity index is 3.75. The molecule has 0 saturated carbocycles. The first kappa shape index (κ1) is 14.1. The molecule has 0 spiro atoms. The van der Waals surface area contributed by atoms with E-state index >= 15 is 0 Å². The second-order valence-electron chi connectivity index (χ2n) is 4.73. The lowest BCUT2D eigenvalue weighted by Gasteiger charge is -2.05. The second-order valence-corrected chi connectivity index (χ2v) is 9.79. The molecule has 0 unspecified atom stereocenters. The Morgan fingerprint density at radius 1 is 1.07 bits per heavy atom. The molecule has 15 heavy (non-hydrogen) atoms. The molecule has 0 rings (SSSR count). The van der Waals surface area contributed by atoms with Crippen molar-refractivity contribution in [2.75, 3.05) is 0 Å². The smallest absolute Gasteiger partial charge is 0.0695 e. The van der Waals surface area contributed by atoms with Crippen LogP contribution >= 0.6 is 0 Å². The van der Waals surface area contributed by atoms with E-state index in [2.05, 4.69) is 55.9 Å². The summed E-state index contributed by atoms with van der Waals surface area (Å²) >= 11 is 0. The van der Waals surface area contributed by atoms with Gasteiger partial charge in [0.05, 0.1) is 8.07 Å². The molecule has 0 aliphatic heterocycles. The van der Waals surface area contributed by atoms with E-state index in [1.165, 1.54) is 19.3 Å². The maximum absolute atomic E-state index is 3.07. The maximum atomic E-state index is 3.07. The SMILES string of the molecule is CCCCCC#CC#C/C=C/[Si](C)(C)C. The highest BCUT2D eigenvalue weighted by molar-refractivity contribution is 6.81. The van der Waals surface area contributed by atoms with Gasteiger partial charge in [0.2, 0.25) is 0 Å². The summed E-state index contributed by atoms with van der Waals surface area (Å²) in [4.78, 5) is 0. The molecule has 0 atom stereocenters. The van der Waals surface area contributed by atoms with Crippen LogP contribution in [0.1, 0.15) is 32.6 Å². The van der Waals surface area contributed by atoms with Crippen LogP contribution in [0, 0.1) is 23.7 Å². The van der Waals surface area contributed by atoms with Crippen molar-refractivity contribution in [2.45, 2.75) is 52.2 Å². The first-order valence-electron chi connectivity index (χ1n) is 5.72. The van der Waals surface area contributed by atoms with Gasteiger partial charge in [-0.2, -0.15) is 0 Å². The minimum atomic E-state index is -1.07. The van der Waals surface area contributed by atoms with Crippen LogP contribution < -0.4 is 0 Å². The topological polar surface area (TPSA) is 0 Å². The first-order valence-corrected chi connectivity index (χ1v) is 9.30. The largest absolute Gasteiger partial charge is 0.0891 e. The maximum Gasteiger partial charge on any atom is 0.0695 e. The van der Waals surface area contributed by atoms with Crippen LogP contribution in [0.5, 0.6) is 0 Å². The fourth-order valence-corrected chi connectivity index (χ4v) is 1.52. The molecule has 0 heterocycles. The van der Waals surface area contributed by atoms with E-state index in [1.807, 2.05) is 6.08 Å². The Hall–Kier alpha value is -0.923. The van der Waals surface area contributed by atoms with Crippen molar-refractivity contribution < 1.29 is 0 Å². The molecule has 0 aromatic carbocycles. The van der Waals surface area contributed by atoms with Crippen molar-refractivity contribution >= 4 is 8.07 Å². The summed E-state index contributed by atoms with van der Waals surface area (Å²) in [6.45, 7) is 9.08. The van der Waals surface area contributed by atoms with Crippen LogP contribution in [-0.2, 0) is 0 Å². The van der Waals surface area contributed by atoms with Gasteiger partial charge >= 0.3 is 0 Å². The minimum Gasteiger partial charge on any atom is -0.0891 e. The van der Waals surface area contributed by atoms with E-state index in [1.54, 1.807) is 0 Å². The zero-order valence-electron chi connectivity index (χ0n) is 10.5. The highest BCUT2D eigenvalue weighted by Crippen LogP contribution is 2.00. The summed E-state index contributed by atoms with van der Waals surface area (Å²) in [6.07, 6.45) is 6.67. The molecule has 0 saturated heterocycles. The molecule has 0 fully saturated rings. The Morgan fingerprint density at radius 2 is 1.80 bits per heavy atom. The van der Waals surface area contributed by atoms with Gasteiger partial charge in [-0.05, 0) is 24.3 Å². The van der Waals surface area contributed by atoms with Gasteiger partial charge in [0, 0.05) is 6.42 Å². The number of hydrogen-bond acceptors (Lipinski definition) is 0. The average Bonchev–Trinajstić information content (AvgIpc) is 2.14. The van der Waals surface area contributed by atoms with Crippen molar-refractivity contribution in [1.29, 1.82) is 0 Å². The molecule has 1 heteroatoms. The van der Waals surface area contributed by atoms with Crippen molar-refractivity contribution in [3.05, 3.63) is 11.8 Å². The molecule has 0 aromatic rings. The monoisotopic (exact) mass is 218 g/mol. The molecule has 0 N–H and O–H groups in total. The molecule has 82 valence electrons. The fraction of sp³-hybridized carbons (Fsp3) is 0.571. The van der Waals surface area contributed by atoms with E-state index in [-0.39, 0.29) is 0 Å². The van der Waals surface area contributed by atoms with Crippen LogP contribution in [0.25, 0.3) is 0 Å². The van der Waals surface area contributed by atoms with Gasteiger partial charge in [0.15, 0.2) is 0 Å². The zero-order valence-corrected chi connectivity index (χ0v) is 11.5. The molecular weight excluding hydrogens is 196 g/mol. The second kappa shape index (κ2) is 8.39. The lowest BCUT2D eigenvalue weighted by Crippen LogP contribution is -2.14. The molecule has 0 radical (unpaired) electrons. The van der Waals surface area contributed by atoms with E-state index in [0.29, 0.717) is 0 Å². The number of allylic oxidation sites excluding steroid dienone is 1. The van der Waals surface area contributed by atoms with Crippen LogP contribution in [0.15, 0.2) is 11.8 Å². The fourth-order valence-electron chi connectivity index (χ4n) is 0.940. The first-order chi connectivity index (χ1) is 7.06. The van der Waals surface area contributed by atoms with Gasteiger partial charge in [0.25, 0.3) is 0 Å². The van der Waals surface area contributed by atoms with Crippen molar-refractivity contribution in [3.8, 4) is 23.7 Å². The predicted octanol–water partition coefficient (Wildman–Crippen LogP) is 4.01. The zero-order chi connectivity index (χ0) is 11.6. The summed E-state index contributed by atoms with van der Waals surface area (Å²) in [7, 11) is -1.07. The molecule has 0 amide bonds. The van der Waals surface area contributed by atoms with Crippen LogP contribution in [0.2, 0.25) is 19.6 Å². The van der Waals surface area contributed by atoms with Gasteiger partial charge < -0.3 is 0 Å². The third-order valence-electron chi connectivity index (χ3n) is 1.80. The molecule has 0 aliphatic carbocycles. The van der Waals surface area contributed by atoms with E-state index in [0.717, 1.165) is 6.42 Å². The summed E-state index contributed by atoms with van der Waals surface area (Å²) < 4.78 is 0. The number of hydrogen-bond donors (Lipinski definition) is 0. The van der Waals surface area contributed by atoms with Gasteiger partial charge in [0.1, 0.15) is 0 Å². The standard InChI is InChI=1S/C14H22Si/c1-5-6-7-8-9-10-11-12-13-14-15(2,3)4/h13-14H,5-8H2,1-4H3/b14-13+. The lowest BCUT2D eigenvalue weighted by molar-refractivity contribution is 0.737. The average molecular weight is 218 g/mol. The van der Waals surface area contributed by atoms with Crippen LogP contribution in [-0.4, -0.2) is 8.07 Å². The Labute approximate surface area is 96.2 Å². The third-order valence-corrected chi connectivity index (χ3v) is 2.96. The Kier molecular flexibility index (Phi) is 7.87. The van der Waals surface area contributed by atoms with E-state index < -0.39 is 8.07 Å². The molecule has 0 nitrogen and oxygen atoms in total. The predicted molar refractivity (Wildman–Crippen MR) is 72.2 cm³/mol. The highest BCUT2D eigenvalue weighted by atomic mass is 28.3. The number of unbranched alkanes of at least 4 members (excludes halogenated alkanes) is 3. The van der Waals surface area contributed by atoms with Crippen molar-refractivity contribution in [1.82, 2.24) is 0 Å². The summed E-state index contributed by atoms with van der Waals surface area (Å²) in [6, 6.07) is 0. The quantitative estimate of drug-likeness (QED) is 0.380. The minimum absolute atomic E-state index is 0.986. The summed E-state index contributed by atoms with van der Waals surface area (Å²) in [5, 5.41) is 0. The van der Waals surface area contributed by atoms with Crippen LogP contribution in [0.3, 0.4) is 0 Å². The summed E-state index contributed by atoms with van der Waals surface area (Å²) in [5.41, 5.74) is 2.23. The van der Waals surface area contributed by atoms with Gasteiger partial charge in [-0.3, -0.25) is 0 Å². The van der Waals surface area contributed by atoms with Crippen molar-refractivity contribution in [2.24, 2.45) is 0 Å². The van der Waals surface area contributed by atoms with Crippen molar-refractivity contribution in [3.63, 3.8) is 0 Å². The molecular formula is C14H22Si. The lowest BCUT2D eigenvalue weighted by atomic mass is 10.2. The van der Waals surface area contributed by atoms with E-state index in [4.69, 9.17) is 0 Å². The highest BCUT2D eigenvalue weighted by Gasteiger charge is 2.05. The third kappa shape index (κ3) is 13.1. The molecule has 0 aliphatic rings. The van der Waals surface area contributed by atoms with Crippen LogP contribution in [0.4, 0.5) is 0 Å². The number of rotatable bonds is 4. The van der Waals surface area contributed by atoms with E-state index in [9.17, 15) is 0 Å². The normalized spacial score (nSPS) is 10.4.